The molecule has 1 amide bonds. The molecule has 3 aliphatic heterocycles. The van der Waals surface area contributed by atoms with E-state index in [9.17, 15) is 4.79 Å². The molecule has 0 aliphatic carbocycles. The van der Waals surface area contributed by atoms with Crippen LogP contribution in [0.3, 0.4) is 0 Å². The van der Waals surface area contributed by atoms with E-state index in [1.54, 1.807) is 17.4 Å². The largest absolute Gasteiger partial charge is 0.370 e. The number of thiophene rings is 1. The van der Waals surface area contributed by atoms with Crippen molar-refractivity contribution in [3.05, 3.63) is 28.5 Å². The van der Waals surface area contributed by atoms with Gasteiger partial charge in [-0.15, -0.1) is 11.3 Å². The summed E-state index contributed by atoms with van der Waals surface area (Å²) in [5.41, 5.74) is 0.0471. The molecule has 4 heterocycles. The van der Waals surface area contributed by atoms with Gasteiger partial charge in [0.05, 0.1) is 11.7 Å². The molecule has 26 heavy (non-hydrogen) atoms. The standard InChI is InChI=1S/C20H29N3O2S/c1-21-10-12-22(13-11-21)16-17-15-20(25-17)6-8-23(9-7-20)19(24)5-4-18-3-2-14-26-18/h2-5,14,17H,6-13,15-16H2,1H3/b5-4+/t17-/m1/s1. The van der Waals surface area contributed by atoms with Crippen LogP contribution in [0.1, 0.15) is 24.1 Å². The summed E-state index contributed by atoms with van der Waals surface area (Å²) in [6.45, 7) is 7.33. The van der Waals surface area contributed by atoms with Gasteiger partial charge in [0.1, 0.15) is 0 Å². The van der Waals surface area contributed by atoms with Gasteiger partial charge in [-0.25, -0.2) is 0 Å². The number of piperidine rings is 1. The van der Waals surface area contributed by atoms with Gasteiger partial charge in [0.15, 0.2) is 0 Å². The molecule has 1 aromatic rings. The van der Waals surface area contributed by atoms with Crippen molar-refractivity contribution in [1.82, 2.24) is 14.7 Å². The molecule has 3 fully saturated rings. The lowest BCUT2D eigenvalue weighted by atomic mass is 9.80. The number of hydrogen-bond donors (Lipinski definition) is 0. The van der Waals surface area contributed by atoms with Crippen LogP contribution in [0, 0.1) is 0 Å². The summed E-state index contributed by atoms with van der Waals surface area (Å²) in [4.78, 5) is 20.4. The van der Waals surface area contributed by atoms with Crippen molar-refractivity contribution in [2.24, 2.45) is 0 Å². The Bertz CT molecular complexity index is 621. The van der Waals surface area contributed by atoms with E-state index in [-0.39, 0.29) is 11.5 Å². The Kier molecular flexibility index (Phi) is 5.45. The minimum absolute atomic E-state index is 0.0471. The molecular weight excluding hydrogens is 346 g/mol. The highest BCUT2D eigenvalue weighted by Gasteiger charge is 2.47. The second-order valence-corrected chi connectivity index (χ2v) is 8.88. The molecule has 142 valence electrons. The summed E-state index contributed by atoms with van der Waals surface area (Å²) in [6, 6.07) is 4.04. The van der Waals surface area contributed by atoms with Gasteiger partial charge in [-0.1, -0.05) is 6.07 Å². The van der Waals surface area contributed by atoms with Crippen molar-refractivity contribution in [1.29, 1.82) is 0 Å². The number of nitrogens with zero attached hydrogens (tertiary/aromatic N) is 3. The molecule has 0 N–H and O–H groups in total. The summed E-state index contributed by atoms with van der Waals surface area (Å²) >= 11 is 1.65. The predicted molar refractivity (Wildman–Crippen MR) is 105 cm³/mol. The second-order valence-electron chi connectivity index (χ2n) is 7.90. The zero-order chi connectivity index (χ0) is 18.0. The Balaban J connectivity index is 1.19. The number of rotatable bonds is 4. The maximum atomic E-state index is 12.4. The topological polar surface area (TPSA) is 36.0 Å². The van der Waals surface area contributed by atoms with Crippen molar-refractivity contribution in [3.63, 3.8) is 0 Å². The van der Waals surface area contributed by atoms with Gasteiger partial charge in [0.2, 0.25) is 5.91 Å². The van der Waals surface area contributed by atoms with Crippen LogP contribution in [0.15, 0.2) is 23.6 Å². The number of carbonyl (C=O) groups excluding carboxylic acids is 1. The lowest BCUT2D eigenvalue weighted by Crippen LogP contribution is -2.60. The van der Waals surface area contributed by atoms with Crippen LogP contribution in [0.2, 0.25) is 0 Å². The molecular formula is C20H29N3O2S. The Hall–Kier alpha value is -1.21. The minimum atomic E-state index is 0.0471. The van der Waals surface area contributed by atoms with Crippen molar-refractivity contribution >= 4 is 23.3 Å². The minimum Gasteiger partial charge on any atom is -0.370 e. The van der Waals surface area contributed by atoms with Gasteiger partial charge in [-0.3, -0.25) is 9.69 Å². The average molecular weight is 376 g/mol. The van der Waals surface area contributed by atoms with E-state index in [4.69, 9.17) is 4.74 Å². The summed E-state index contributed by atoms with van der Waals surface area (Å²) < 4.78 is 6.33. The number of hydrogen-bond acceptors (Lipinski definition) is 5. The first-order chi connectivity index (χ1) is 12.6. The van der Waals surface area contributed by atoms with Crippen LogP contribution >= 0.6 is 11.3 Å². The van der Waals surface area contributed by atoms with Crippen molar-refractivity contribution in [2.45, 2.75) is 31.0 Å². The molecule has 4 rings (SSSR count). The van der Waals surface area contributed by atoms with Gasteiger partial charge < -0.3 is 14.5 Å². The van der Waals surface area contributed by atoms with Crippen LogP contribution in [0.25, 0.3) is 6.08 Å². The monoisotopic (exact) mass is 375 g/mol. The summed E-state index contributed by atoms with van der Waals surface area (Å²) in [6.07, 6.45) is 7.13. The lowest BCUT2D eigenvalue weighted by molar-refractivity contribution is -0.229. The smallest absolute Gasteiger partial charge is 0.246 e. The van der Waals surface area contributed by atoms with Crippen LogP contribution in [0.5, 0.6) is 0 Å². The Morgan fingerprint density at radius 2 is 2.00 bits per heavy atom. The third kappa shape index (κ3) is 4.19. The molecule has 1 atom stereocenters. The highest BCUT2D eigenvalue weighted by atomic mass is 32.1. The maximum Gasteiger partial charge on any atom is 0.246 e. The van der Waals surface area contributed by atoms with E-state index >= 15 is 0 Å². The van der Waals surface area contributed by atoms with Crippen LogP contribution in [-0.4, -0.2) is 85.2 Å². The Morgan fingerprint density at radius 1 is 1.27 bits per heavy atom. The molecule has 6 heteroatoms. The lowest BCUT2D eigenvalue weighted by Gasteiger charge is -2.53. The fourth-order valence-corrected chi connectivity index (χ4v) is 4.90. The normalized spacial score (nSPS) is 27.1. The van der Waals surface area contributed by atoms with Gasteiger partial charge in [-0.2, -0.15) is 0 Å². The quantitative estimate of drug-likeness (QED) is 0.756. The molecule has 3 aliphatic rings. The Labute approximate surface area is 160 Å². The number of likely N-dealkylation sites (tertiary alicyclic amines) is 1. The molecule has 0 unspecified atom stereocenters. The zero-order valence-corrected chi connectivity index (χ0v) is 16.4. The van der Waals surface area contributed by atoms with E-state index in [1.807, 2.05) is 28.5 Å². The van der Waals surface area contributed by atoms with E-state index in [1.165, 1.54) is 0 Å². The molecule has 1 aromatic heterocycles. The molecule has 0 bridgehead atoms. The van der Waals surface area contributed by atoms with Gasteiger partial charge >= 0.3 is 0 Å². The number of likely N-dealkylation sites (N-methyl/N-ethyl adjacent to an activating group) is 1. The van der Waals surface area contributed by atoms with Gasteiger partial charge in [0, 0.05) is 63.2 Å². The fraction of sp³-hybridized carbons (Fsp3) is 0.650. The van der Waals surface area contributed by atoms with Crippen molar-refractivity contribution in [2.75, 3.05) is 52.9 Å². The first-order valence-corrected chi connectivity index (χ1v) is 10.6. The predicted octanol–water partition coefficient (Wildman–Crippen LogP) is 2.16. The summed E-state index contributed by atoms with van der Waals surface area (Å²) in [5, 5.41) is 2.03. The first kappa shape index (κ1) is 18.2. The zero-order valence-electron chi connectivity index (χ0n) is 15.6. The van der Waals surface area contributed by atoms with Crippen molar-refractivity contribution in [3.8, 4) is 0 Å². The SMILES string of the molecule is CN1CCN(C[C@H]2CC3(CCN(C(=O)/C=C/c4cccs4)CC3)O2)CC1. The average Bonchev–Trinajstić information content (AvgIpc) is 3.14. The molecule has 5 nitrogen and oxygen atoms in total. The molecule has 0 radical (unpaired) electrons. The molecule has 0 saturated carbocycles. The molecule has 3 saturated heterocycles. The van der Waals surface area contributed by atoms with Gasteiger partial charge in [0.25, 0.3) is 0 Å². The highest BCUT2D eigenvalue weighted by molar-refractivity contribution is 7.10. The third-order valence-corrected chi connectivity index (χ3v) is 6.83. The van der Waals surface area contributed by atoms with E-state index < -0.39 is 0 Å². The summed E-state index contributed by atoms with van der Waals surface area (Å²) in [5.74, 6) is 0.126. The first-order valence-electron chi connectivity index (χ1n) is 9.71. The van der Waals surface area contributed by atoms with E-state index in [0.29, 0.717) is 6.10 Å². The number of piperazine rings is 1. The fourth-order valence-electron chi connectivity index (χ4n) is 4.28. The van der Waals surface area contributed by atoms with Crippen molar-refractivity contribution < 1.29 is 9.53 Å². The van der Waals surface area contributed by atoms with Crippen LogP contribution < -0.4 is 0 Å². The number of amides is 1. The maximum absolute atomic E-state index is 12.4. The van der Waals surface area contributed by atoms with Crippen LogP contribution in [0.4, 0.5) is 0 Å². The summed E-state index contributed by atoms with van der Waals surface area (Å²) in [7, 11) is 2.19. The number of ether oxygens (including phenoxy) is 1. The number of carbonyl (C=O) groups is 1. The van der Waals surface area contributed by atoms with Crippen LogP contribution in [-0.2, 0) is 9.53 Å². The van der Waals surface area contributed by atoms with E-state index in [0.717, 1.165) is 70.0 Å². The van der Waals surface area contributed by atoms with E-state index in [2.05, 4.69) is 16.8 Å². The molecule has 0 aromatic carbocycles. The third-order valence-electron chi connectivity index (χ3n) is 5.99. The Morgan fingerprint density at radius 3 is 2.65 bits per heavy atom. The molecule has 1 spiro atoms. The highest BCUT2D eigenvalue weighted by Crippen LogP contribution is 2.41. The second kappa shape index (κ2) is 7.80. The van der Waals surface area contributed by atoms with Gasteiger partial charge in [-0.05, 0) is 37.4 Å².